The predicted octanol–water partition coefficient (Wildman–Crippen LogP) is 1.39. The molecular formula is C11H15NO2. The largest absolute Gasteiger partial charge is 0.508 e. The molecule has 0 bridgehead atoms. The molecule has 0 unspecified atom stereocenters. The molecule has 0 amide bonds. The Kier molecular flexibility index (Phi) is 2.33. The summed E-state index contributed by atoms with van der Waals surface area (Å²) in [5.41, 5.74) is 2.42. The van der Waals surface area contributed by atoms with Gasteiger partial charge in [0.05, 0.1) is 7.11 Å². The number of fused-ring (bicyclic) bond motifs is 1. The summed E-state index contributed by atoms with van der Waals surface area (Å²) < 4.78 is 5.25. The summed E-state index contributed by atoms with van der Waals surface area (Å²) >= 11 is 0. The zero-order valence-electron chi connectivity index (χ0n) is 8.58. The van der Waals surface area contributed by atoms with Gasteiger partial charge in [-0.05, 0) is 25.1 Å². The lowest BCUT2D eigenvalue weighted by atomic mass is 9.98. The number of aromatic hydroxyl groups is 1. The minimum atomic E-state index is 0.288. The van der Waals surface area contributed by atoms with Crippen molar-refractivity contribution in [3.63, 3.8) is 0 Å². The van der Waals surface area contributed by atoms with Crippen LogP contribution in [-0.2, 0) is 13.0 Å². The van der Waals surface area contributed by atoms with Gasteiger partial charge in [-0.15, -0.1) is 0 Å². The molecule has 0 saturated heterocycles. The monoisotopic (exact) mass is 193 g/mol. The van der Waals surface area contributed by atoms with Gasteiger partial charge in [0.25, 0.3) is 0 Å². The smallest absolute Gasteiger partial charge is 0.126 e. The number of ether oxygens (including phenoxy) is 1. The second-order valence-corrected chi connectivity index (χ2v) is 3.77. The summed E-state index contributed by atoms with van der Waals surface area (Å²) in [5, 5.41) is 9.49. The van der Waals surface area contributed by atoms with Crippen LogP contribution in [0.2, 0.25) is 0 Å². The maximum atomic E-state index is 9.49. The van der Waals surface area contributed by atoms with Crippen LogP contribution in [0.5, 0.6) is 11.5 Å². The van der Waals surface area contributed by atoms with Gasteiger partial charge in [0.2, 0.25) is 0 Å². The van der Waals surface area contributed by atoms with Gasteiger partial charge in [0, 0.05) is 24.7 Å². The van der Waals surface area contributed by atoms with Crippen LogP contribution >= 0.6 is 0 Å². The molecule has 1 aliphatic rings. The van der Waals surface area contributed by atoms with E-state index < -0.39 is 0 Å². The van der Waals surface area contributed by atoms with Crippen molar-refractivity contribution in [3.05, 3.63) is 23.3 Å². The number of hydrogen-bond acceptors (Lipinski definition) is 3. The highest BCUT2D eigenvalue weighted by atomic mass is 16.5. The van der Waals surface area contributed by atoms with E-state index in [1.165, 1.54) is 11.1 Å². The number of benzene rings is 1. The average molecular weight is 193 g/mol. The lowest BCUT2D eigenvalue weighted by molar-refractivity contribution is 0.304. The summed E-state index contributed by atoms with van der Waals surface area (Å²) in [6.07, 6.45) is 0.995. The van der Waals surface area contributed by atoms with E-state index in [2.05, 4.69) is 11.9 Å². The summed E-state index contributed by atoms with van der Waals surface area (Å²) in [6, 6.07) is 3.51. The van der Waals surface area contributed by atoms with Gasteiger partial charge in [0.1, 0.15) is 11.5 Å². The molecule has 76 valence electrons. The Balaban J connectivity index is 2.46. The van der Waals surface area contributed by atoms with E-state index in [4.69, 9.17) is 4.74 Å². The summed E-state index contributed by atoms with van der Waals surface area (Å²) in [7, 11) is 3.73. The van der Waals surface area contributed by atoms with Crippen molar-refractivity contribution in [2.24, 2.45) is 0 Å². The average Bonchev–Trinajstić information content (AvgIpc) is 2.15. The van der Waals surface area contributed by atoms with E-state index in [1.54, 1.807) is 13.2 Å². The first kappa shape index (κ1) is 9.34. The minimum absolute atomic E-state index is 0.288. The van der Waals surface area contributed by atoms with Crippen LogP contribution in [0.15, 0.2) is 12.1 Å². The number of phenolic OH excluding ortho intramolecular Hbond substituents is 1. The topological polar surface area (TPSA) is 32.7 Å². The molecule has 1 heterocycles. The summed E-state index contributed by atoms with van der Waals surface area (Å²) in [5.74, 6) is 1.10. The Hall–Kier alpha value is -1.22. The van der Waals surface area contributed by atoms with Crippen molar-refractivity contribution >= 4 is 0 Å². The lowest BCUT2D eigenvalue weighted by Gasteiger charge is -2.26. The van der Waals surface area contributed by atoms with Crippen LogP contribution in [0.3, 0.4) is 0 Å². The maximum Gasteiger partial charge on any atom is 0.126 e. The van der Waals surface area contributed by atoms with E-state index >= 15 is 0 Å². The molecule has 2 rings (SSSR count). The van der Waals surface area contributed by atoms with Crippen molar-refractivity contribution in [1.29, 1.82) is 0 Å². The van der Waals surface area contributed by atoms with Crippen LogP contribution in [0.1, 0.15) is 11.1 Å². The third-order valence-corrected chi connectivity index (χ3v) is 2.69. The summed E-state index contributed by atoms with van der Waals surface area (Å²) in [6.45, 7) is 1.94. The van der Waals surface area contributed by atoms with Crippen molar-refractivity contribution in [1.82, 2.24) is 4.90 Å². The van der Waals surface area contributed by atoms with Crippen molar-refractivity contribution in [3.8, 4) is 11.5 Å². The Morgan fingerprint density at radius 1 is 1.43 bits per heavy atom. The first-order valence-corrected chi connectivity index (χ1v) is 4.78. The molecule has 1 aromatic rings. The number of methoxy groups -OCH3 is 1. The Labute approximate surface area is 83.9 Å². The van der Waals surface area contributed by atoms with Crippen molar-refractivity contribution < 1.29 is 9.84 Å². The molecule has 0 aliphatic carbocycles. The fourth-order valence-electron chi connectivity index (χ4n) is 1.97. The highest BCUT2D eigenvalue weighted by Crippen LogP contribution is 2.31. The molecule has 1 N–H and O–H groups in total. The highest BCUT2D eigenvalue weighted by Gasteiger charge is 2.17. The second-order valence-electron chi connectivity index (χ2n) is 3.77. The predicted molar refractivity (Wildman–Crippen MR) is 54.7 cm³/mol. The fourth-order valence-corrected chi connectivity index (χ4v) is 1.97. The molecule has 3 heteroatoms. The van der Waals surface area contributed by atoms with Crippen LogP contribution in [0, 0.1) is 0 Å². The van der Waals surface area contributed by atoms with Crippen LogP contribution in [0.25, 0.3) is 0 Å². The highest BCUT2D eigenvalue weighted by molar-refractivity contribution is 5.47. The maximum absolute atomic E-state index is 9.49. The Bertz CT molecular complexity index is 349. The van der Waals surface area contributed by atoms with Crippen molar-refractivity contribution in [2.45, 2.75) is 13.0 Å². The zero-order valence-corrected chi connectivity index (χ0v) is 8.58. The SMILES string of the molecule is COc1cc(O)cc2c1CCN(C)C2. The van der Waals surface area contributed by atoms with E-state index in [0.717, 1.165) is 25.3 Å². The molecule has 0 atom stereocenters. The molecular weight excluding hydrogens is 178 g/mol. The summed E-state index contributed by atoms with van der Waals surface area (Å²) in [4.78, 5) is 2.24. The van der Waals surface area contributed by atoms with Gasteiger partial charge >= 0.3 is 0 Å². The molecule has 3 nitrogen and oxygen atoms in total. The van der Waals surface area contributed by atoms with Gasteiger partial charge in [-0.3, -0.25) is 0 Å². The van der Waals surface area contributed by atoms with Gasteiger partial charge in [0.15, 0.2) is 0 Å². The van der Waals surface area contributed by atoms with E-state index in [1.807, 2.05) is 6.07 Å². The Morgan fingerprint density at radius 3 is 2.93 bits per heavy atom. The zero-order chi connectivity index (χ0) is 10.1. The molecule has 1 aromatic carbocycles. The number of phenols is 1. The first-order chi connectivity index (χ1) is 6.70. The number of rotatable bonds is 1. The van der Waals surface area contributed by atoms with Gasteiger partial charge in [-0.25, -0.2) is 0 Å². The molecule has 1 aliphatic heterocycles. The molecule has 0 radical (unpaired) electrons. The van der Waals surface area contributed by atoms with Crippen LogP contribution in [0.4, 0.5) is 0 Å². The van der Waals surface area contributed by atoms with E-state index in [0.29, 0.717) is 0 Å². The minimum Gasteiger partial charge on any atom is -0.508 e. The molecule has 0 spiro atoms. The number of hydrogen-bond donors (Lipinski definition) is 1. The van der Waals surface area contributed by atoms with E-state index in [9.17, 15) is 5.11 Å². The molecule has 0 fully saturated rings. The van der Waals surface area contributed by atoms with E-state index in [-0.39, 0.29) is 5.75 Å². The van der Waals surface area contributed by atoms with Crippen molar-refractivity contribution in [2.75, 3.05) is 20.7 Å². The normalized spacial score (nSPS) is 16.4. The van der Waals surface area contributed by atoms with Gasteiger partial charge < -0.3 is 14.7 Å². The second kappa shape index (κ2) is 3.50. The standard InChI is InChI=1S/C11H15NO2/c1-12-4-3-10-8(7-12)5-9(13)6-11(10)14-2/h5-6,13H,3-4,7H2,1-2H3. The van der Waals surface area contributed by atoms with Crippen LogP contribution < -0.4 is 4.74 Å². The third kappa shape index (κ3) is 1.55. The molecule has 14 heavy (non-hydrogen) atoms. The molecule has 0 aromatic heterocycles. The fraction of sp³-hybridized carbons (Fsp3) is 0.455. The quantitative estimate of drug-likeness (QED) is 0.731. The Morgan fingerprint density at radius 2 is 2.21 bits per heavy atom. The molecule has 0 saturated carbocycles. The van der Waals surface area contributed by atoms with Crippen LogP contribution in [-0.4, -0.2) is 30.7 Å². The van der Waals surface area contributed by atoms with Gasteiger partial charge in [-0.1, -0.05) is 0 Å². The lowest BCUT2D eigenvalue weighted by Crippen LogP contribution is -2.26. The first-order valence-electron chi connectivity index (χ1n) is 4.78. The number of nitrogens with zero attached hydrogens (tertiary/aromatic N) is 1. The third-order valence-electron chi connectivity index (χ3n) is 2.69. The van der Waals surface area contributed by atoms with Gasteiger partial charge in [-0.2, -0.15) is 0 Å². The number of likely N-dealkylation sites (N-methyl/N-ethyl adjacent to an activating group) is 1.